The molecule has 0 aliphatic carbocycles. The lowest BCUT2D eigenvalue weighted by Gasteiger charge is -2.23. The van der Waals surface area contributed by atoms with Gasteiger partial charge < -0.3 is 10.2 Å². The maximum absolute atomic E-state index is 13.1. The molecule has 31 heavy (non-hydrogen) atoms. The summed E-state index contributed by atoms with van der Waals surface area (Å²) >= 11 is 1.67. The van der Waals surface area contributed by atoms with E-state index >= 15 is 0 Å². The van der Waals surface area contributed by atoms with Gasteiger partial charge in [-0.1, -0.05) is 24.3 Å². The second-order valence-corrected chi connectivity index (χ2v) is 10.2. The summed E-state index contributed by atoms with van der Waals surface area (Å²) in [6.07, 6.45) is 0. The van der Waals surface area contributed by atoms with Gasteiger partial charge in [0.25, 0.3) is 15.9 Å². The van der Waals surface area contributed by atoms with E-state index in [2.05, 4.69) is 25.5 Å². The first-order valence-electron chi connectivity index (χ1n) is 10.1. The van der Waals surface area contributed by atoms with Crippen LogP contribution in [0.15, 0.2) is 77.0 Å². The lowest BCUT2D eigenvalue weighted by Crippen LogP contribution is -3.06. The quantitative estimate of drug-likeness (QED) is 0.518. The molecule has 164 valence electrons. The van der Waals surface area contributed by atoms with Gasteiger partial charge in [0.2, 0.25) is 0 Å². The fraction of sp³-hybridized carbons (Fsp3) is 0.261. The summed E-state index contributed by atoms with van der Waals surface area (Å²) in [6, 6.07) is 19.3. The Morgan fingerprint density at radius 1 is 1.03 bits per heavy atom. The van der Waals surface area contributed by atoms with Crippen molar-refractivity contribution in [2.24, 2.45) is 0 Å². The van der Waals surface area contributed by atoms with Crippen LogP contribution in [-0.2, 0) is 10.0 Å². The number of rotatable bonds is 9. The molecule has 0 spiro atoms. The Hall–Kier alpha value is -2.68. The first-order valence-corrected chi connectivity index (χ1v) is 12.5. The molecule has 0 aliphatic heterocycles. The molecule has 0 aliphatic rings. The van der Waals surface area contributed by atoms with Crippen LogP contribution in [0.1, 0.15) is 28.2 Å². The van der Waals surface area contributed by atoms with E-state index in [9.17, 15) is 13.2 Å². The molecule has 6 nitrogen and oxygen atoms in total. The maximum Gasteiger partial charge on any atom is 0.264 e. The van der Waals surface area contributed by atoms with E-state index in [0.717, 1.165) is 0 Å². The molecule has 8 heteroatoms. The third-order valence-corrected chi connectivity index (χ3v) is 7.99. The summed E-state index contributed by atoms with van der Waals surface area (Å²) in [5.74, 6) is -0.220. The van der Waals surface area contributed by atoms with Gasteiger partial charge >= 0.3 is 0 Å². The number of para-hydroxylation sites is 1. The fourth-order valence-electron chi connectivity index (χ4n) is 3.37. The van der Waals surface area contributed by atoms with Crippen LogP contribution < -0.4 is 14.5 Å². The Morgan fingerprint density at radius 2 is 1.71 bits per heavy atom. The SMILES string of the molecule is CCN(c1ccccc1)S(=O)(=O)c1ccc(C(=O)NC[C@@H](c2cccs2)[NH+](C)C)cc1. The summed E-state index contributed by atoms with van der Waals surface area (Å²) in [4.78, 5) is 15.2. The Morgan fingerprint density at radius 3 is 2.26 bits per heavy atom. The number of carbonyl (C=O) groups excluding carboxylic acids is 1. The number of benzene rings is 2. The predicted molar refractivity (Wildman–Crippen MR) is 125 cm³/mol. The van der Waals surface area contributed by atoms with Gasteiger partial charge in [0.05, 0.1) is 36.1 Å². The number of hydrogen-bond acceptors (Lipinski definition) is 4. The number of hydrogen-bond donors (Lipinski definition) is 2. The van der Waals surface area contributed by atoms with E-state index in [1.807, 2.05) is 17.5 Å². The van der Waals surface area contributed by atoms with Crippen LogP contribution in [0.25, 0.3) is 0 Å². The highest BCUT2D eigenvalue weighted by Crippen LogP contribution is 2.23. The molecule has 0 fully saturated rings. The molecule has 0 bridgehead atoms. The number of anilines is 1. The number of sulfonamides is 1. The van der Waals surface area contributed by atoms with Crippen molar-refractivity contribution in [1.29, 1.82) is 0 Å². The second kappa shape index (κ2) is 10.1. The number of nitrogens with one attached hydrogen (secondary N) is 2. The van der Waals surface area contributed by atoms with Crippen molar-refractivity contribution in [3.05, 3.63) is 82.6 Å². The zero-order chi connectivity index (χ0) is 22.4. The van der Waals surface area contributed by atoms with Crippen molar-refractivity contribution in [2.45, 2.75) is 17.9 Å². The third-order valence-electron chi connectivity index (χ3n) is 5.09. The highest BCUT2D eigenvalue weighted by Gasteiger charge is 2.24. The summed E-state index contributed by atoms with van der Waals surface area (Å²) in [5.41, 5.74) is 1.04. The summed E-state index contributed by atoms with van der Waals surface area (Å²) in [5, 5.41) is 5.00. The Bertz CT molecular complexity index is 1080. The number of likely N-dealkylation sites (N-methyl/N-ethyl adjacent to an activating group) is 1. The smallest absolute Gasteiger partial charge is 0.264 e. The molecule has 1 heterocycles. The average Bonchev–Trinajstić information content (AvgIpc) is 3.29. The van der Waals surface area contributed by atoms with Crippen LogP contribution in [0.4, 0.5) is 5.69 Å². The van der Waals surface area contributed by atoms with Gasteiger partial charge in [0, 0.05) is 12.1 Å². The van der Waals surface area contributed by atoms with Crippen molar-refractivity contribution < 1.29 is 18.1 Å². The minimum absolute atomic E-state index is 0.156. The van der Waals surface area contributed by atoms with Crippen molar-refractivity contribution in [3.63, 3.8) is 0 Å². The molecule has 0 unspecified atom stereocenters. The van der Waals surface area contributed by atoms with E-state index in [1.165, 1.54) is 26.2 Å². The van der Waals surface area contributed by atoms with E-state index in [1.54, 1.807) is 54.7 Å². The Labute approximate surface area is 188 Å². The average molecular weight is 459 g/mol. The molecular weight excluding hydrogens is 430 g/mol. The molecule has 1 amide bonds. The van der Waals surface area contributed by atoms with Crippen LogP contribution in [0.5, 0.6) is 0 Å². The van der Waals surface area contributed by atoms with E-state index in [0.29, 0.717) is 24.3 Å². The number of nitrogens with zero attached hydrogens (tertiary/aromatic N) is 1. The Kier molecular flexibility index (Phi) is 7.48. The molecule has 2 aromatic carbocycles. The zero-order valence-electron chi connectivity index (χ0n) is 17.9. The van der Waals surface area contributed by atoms with Gasteiger partial charge in [0.1, 0.15) is 6.04 Å². The molecule has 3 aromatic rings. The molecule has 0 saturated heterocycles. The van der Waals surface area contributed by atoms with Crippen molar-refractivity contribution >= 4 is 33.0 Å². The highest BCUT2D eigenvalue weighted by atomic mass is 32.2. The van der Waals surface area contributed by atoms with Gasteiger partial charge in [-0.2, -0.15) is 0 Å². The molecule has 1 aromatic heterocycles. The molecule has 0 saturated carbocycles. The fourth-order valence-corrected chi connectivity index (χ4v) is 5.80. The summed E-state index contributed by atoms with van der Waals surface area (Å²) < 4.78 is 27.5. The van der Waals surface area contributed by atoms with Crippen molar-refractivity contribution in [2.75, 3.05) is 31.5 Å². The minimum atomic E-state index is -3.71. The number of amides is 1. The van der Waals surface area contributed by atoms with Crippen molar-refractivity contribution in [3.8, 4) is 0 Å². The standard InChI is InChI=1S/C23H27N3O3S2/c1-4-26(19-9-6-5-7-10-19)31(28,29)20-14-12-18(13-15-20)23(27)24-17-21(25(2)3)22-11-8-16-30-22/h5-16,21H,4,17H2,1-3H3,(H,24,27)/p+1/t21-/m0/s1. The highest BCUT2D eigenvalue weighted by molar-refractivity contribution is 7.92. The third kappa shape index (κ3) is 5.33. The summed E-state index contributed by atoms with van der Waals surface area (Å²) in [7, 11) is 0.402. The van der Waals surface area contributed by atoms with Crippen molar-refractivity contribution in [1.82, 2.24) is 5.32 Å². The maximum atomic E-state index is 13.1. The summed E-state index contributed by atoms with van der Waals surface area (Å²) in [6.45, 7) is 2.61. The van der Waals surface area contributed by atoms with E-state index in [-0.39, 0.29) is 16.8 Å². The van der Waals surface area contributed by atoms with Crippen LogP contribution in [0.2, 0.25) is 0 Å². The Balaban J connectivity index is 1.72. The van der Waals surface area contributed by atoms with Crippen LogP contribution in [0, 0.1) is 0 Å². The van der Waals surface area contributed by atoms with Gasteiger partial charge in [-0.05, 0) is 54.8 Å². The van der Waals surface area contributed by atoms with Crippen LogP contribution in [0.3, 0.4) is 0 Å². The van der Waals surface area contributed by atoms with E-state index < -0.39 is 10.0 Å². The van der Waals surface area contributed by atoms with Crippen LogP contribution >= 0.6 is 11.3 Å². The lowest BCUT2D eigenvalue weighted by atomic mass is 10.2. The number of carbonyl (C=O) groups is 1. The molecular formula is C23H28N3O3S2+. The van der Waals surface area contributed by atoms with E-state index in [4.69, 9.17) is 0 Å². The molecule has 3 rings (SSSR count). The second-order valence-electron chi connectivity index (χ2n) is 7.39. The number of quaternary nitrogens is 1. The normalized spacial score (nSPS) is 12.5. The predicted octanol–water partition coefficient (Wildman–Crippen LogP) is 2.58. The van der Waals surface area contributed by atoms with Gasteiger partial charge in [-0.15, -0.1) is 11.3 Å². The minimum Gasteiger partial charge on any atom is -0.346 e. The first-order chi connectivity index (χ1) is 14.8. The first kappa shape index (κ1) is 23.0. The lowest BCUT2D eigenvalue weighted by molar-refractivity contribution is -0.890. The molecule has 2 N–H and O–H groups in total. The zero-order valence-corrected chi connectivity index (χ0v) is 19.5. The largest absolute Gasteiger partial charge is 0.346 e. The topological polar surface area (TPSA) is 70.9 Å². The van der Waals surface area contributed by atoms with Gasteiger partial charge in [-0.25, -0.2) is 8.42 Å². The van der Waals surface area contributed by atoms with Crippen LogP contribution in [-0.4, -0.2) is 41.5 Å². The molecule has 1 atom stereocenters. The molecule has 0 radical (unpaired) electrons. The monoisotopic (exact) mass is 458 g/mol. The number of thiophene rings is 1. The van der Waals surface area contributed by atoms with Gasteiger partial charge in [-0.3, -0.25) is 9.10 Å². The van der Waals surface area contributed by atoms with Gasteiger partial charge in [0.15, 0.2) is 0 Å².